The molecule has 0 aliphatic carbocycles. The number of sulfonamides is 1. The van der Waals surface area contributed by atoms with Gasteiger partial charge in [0.25, 0.3) is 0 Å². The van der Waals surface area contributed by atoms with Gasteiger partial charge in [-0.3, -0.25) is 4.79 Å². The van der Waals surface area contributed by atoms with E-state index in [2.05, 4.69) is 5.32 Å². The number of ether oxygens (including phenoxy) is 1. The zero-order valence-electron chi connectivity index (χ0n) is 13.4. The summed E-state index contributed by atoms with van der Waals surface area (Å²) >= 11 is 1.54. The van der Waals surface area contributed by atoms with E-state index in [0.717, 1.165) is 4.88 Å². The van der Waals surface area contributed by atoms with E-state index in [-0.39, 0.29) is 10.8 Å². The van der Waals surface area contributed by atoms with Gasteiger partial charge in [0, 0.05) is 29.7 Å². The van der Waals surface area contributed by atoms with Crippen molar-refractivity contribution in [1.82, 2.24) is 4.31 Å². The fourth-order valence-electron chi connectivity index (χ4n) is 2.37. The van der Waals surface area contributed by atoms with Gasteiger partial charge in [0.1, 0.15) is 0 Å². The monoisotopic (exact) mass is 378 g/mol. The molecule has 8 heteroatoms. The molecule has 1 aromatic heterocycles. The summed E-state index contributed by atoms with van der Waals surface area (Å²) in [6.45, 7) is 1.52. The minimum absolute atomic E-state index is 0.210. The number of hydrogen-bond acceptors (Lipinski definition) is 5. The SMILES string of the molecule is O=C(/C=C\c1cccs1)Nc1ccc(S(=O)(=O)N2CCOCC2)cc1. The number of rotatable bonds is 5. The van der Waals surface area contributed by atoms with Crippen molar-refractivity contribution in [3.63, 3.8) is 0 Å². The fraction of sp³-hybridized carbons (Fsp3) is 0.235. The number of nitrogens with one attached hydrogen (secondary N) is 1. The van der Waals surface area contributed by atoms with E-state index in [9.17, 15) is 13.2 Å². The van der Waals surface area contributed by atoms with Crippen LogP contribution in [0.1, 0.15) is 4.88 Å². The minimum atomic E-state index is -3.52. The first kappa shape index (κ1) is 17.8. The first-order chi connectivity index (χ1) is 12.1. The highest BCUT2D eigenvalue weighted by Gasteiger charge is 2.26. The van der Waals surface area contributed by atoms with E-state index in [1.54, 1.807) is 29.5 Å². The van der Waals surface area contributed by atoms with E-state index in [1.165, 1.54) is 22.5 Å². The summed E-state index contributed by atoms with van der Waals surface area (Å²) in [6.07, 6.45) is 3.18. The average molecular weight is 378 g/mol. The molecule has 0 radical (unpaired) electrons. The number of thiophene rings is 1. The number of hydrogen-bond donors (Lipinski definition) is 1. The van der Waals surface area contributed by atoms with Crippen molar-refractivity contribution in [3.05, 3.63) is 52.7 Å². The Kier molecular flexibility index (Phi) is 5.64. The van der Waals surface area contributed by atoms with Crippen molar-refractivity contribution >= 4 is 39.0 Å². The maximum Gasteiger partial charge on any atom is 0.248 e. The topological polar surface area (TPSA) is 75.7 Å². The zero-order valence-corrected chi connectivity index (χ0v) is 15.1. The number of carbonyl (C=O) groups is 1. The lowest BCUT2D eigenvalue weighted by molar-refractivity contribution is -0.111. The third-order valence-electron chi connectivity index (χ3n) is 3.67. The van der Waals surface area contributed by atoms with Crippen LogP contribution < -0.4 is 5.32 Å². The van der Waals surface area contributed by atoms with Crippen molar-refractivity contribution in [2.24, 2.45) is 0 Å². The summed E-state index contributed by atoms with van der Waals surface area (Å²) in [7, 11) is -3.52. The lowest BCUT2D eigenvalue weighted by Crippen LogP contribution is -2.40. The highest BCUT2D eigenvalue weighted by Crippen LogP contribution is 2.19. The third kappa shape index (κ3) is 4.55. The van der Waals surface area contributed by atoms with Crippen LogP contribution in [0.4, 0.5) is 5.69 Å². The number of carbonyl (C=O) groups excluding carboxylic acids is 1. The zero-order chi connectivity index (χ0) is 17.7. The molecule has 2 aromatic rings. The molecule has 1 N–H and O–H groups in total. The van der Waals surface area contributed by atoms with Crippen LogP contribution in [0.5, 0.6) is 0 Å². The smallest absolute Gasteiger partial charge is 0.248 e. The predicted molar refractivity (Wildman–Crippen MR) is 98.0 cm³/mol. The van der Waals surface area contributed by atoms with E-state index in [4.69, 9.17) is 4.74 Å². The molecule has 1 fully saturated rings. The van der Waals surface area contributed by atoms with Crippen molar-refractivity contribution in [1.29, 1.82) is 0 Å². The summed E-state index contributed by atoms with van der Waals surface area (Å²) in [5.74, 6) is -0.266. The van der Waals surface area contributed by atoms with Gasteiger partial charge in [-0.25, -0.2) is 8.42 Å². The van der Waals surface area contributed by atoms with Gasteiger partial charge >= 0.3 is 0 Å². The quantitative estimate of drug-likeness (QED) is 0.811. The average Bonchev–Trinajstić information content (AvgIpc) is 3.15. The van der Waals surface area contributed by atoms with Crippen LogP contribution in [-0.2, 0) is 19.6 Å². The molecular formula is C17H18N2O4S2. The molecule has 2 heterocycles. The molecular weight excluding hydrogens is 360 g/mol. The Labute approximate surface area is 150 Å². The van der Waals surface area contributed by atoms with E-state index < -0.39 is 10.0 Å². The van der Waals surface area contributed by atoms with Gasteiger partial charge in [0.15, 0.2) is 0 Å². The molecule has 132 valence electrons. The van der Waals surface area contributed by atoms with Crippen LogP contribution in [0.15, 0.2) is 52.7 Å². The van der Waals surface area contributed by atoms with Gasteiger partial charge in [0.2, 0.25) is 15.9 Å². The molecule has 6 nitrogen and oxygen atoms in total. The van der Waals surface area contributed by atoms with Gasteiger partial charge in [-0.05, 0) is 41.8 Å². The summed E-state index contributed by atoms with van der Waals surface area (Å²) in [5.41, 5.74) is 0.543. The van der Waals surface area contributed by atoms with Crippen molar-refractivity contribution < 1.29 is 17.9 Å². The lowest BCUT2D eigenvalue weighted by atomic mass is 10.3. The summed E-state index contributed by atoms with van der Waals surface area (Å²) in [6, 6.07) is 10.0. The molecule has 0 unspecified atom stereocenters. The first-order valence-corrected chi connectivity index (χ1v) is 10.1. The number of anilines is 1. The Morgan fingerprint density at radius 3 is 2.52 bits per heavy atom. The Morgan fingerprint density at radius 1 is 1.16 bits per heavy atom. The maximum atomic E-state index is 12.5. The second-order valence-corrected chi connectivity index (χ2v) is 8.30. The normalized spacial score (nSPS) is 16.2. The lowest BCUT2D eigenvalue weighted by Gasteiger charge is -2.26. The van der Waals surface area contributed by atoms with E-state index >= 15 is 0 Å². The van der Waals surface area contributed by atoms with Gasteiger partial charge in [-0.2, -0.15) is 4.31 Å². The molecule has 1 aliphatic heterocycles. The van der Waals surface area contributed by atoms with Gasteiger partial charge in [0.05, 0.1) is 18.1 Å². The highest BCUT2D eigenvalue weighted by molar-refractivity contribution is 7.89. The molecule has 3 rings (SSSR count). The highest BCUT2D eigenvalue weighted by atomic mass is 32.2. The van der Waals surface area contributed by atoms with E-state index in [0.29, 0.717) is 32.0 Å². The van der Waals surface area contributed by atoms with E-state index in [1.807, 2.05) is 17.5 Å². The predicted octanol–water partition coefficient (Wildman–Crippen LogP) is 2.42. The Morgan fingerprint density at radius 2 is 1.88 bits per heavy atom. The van der Waals surface area contributed by atoms with Crippen molar-refractivity contribution in [3.8, 4) is 0 Å². The van der Waals surface area contributed by atoms with Gasteiger partial charge in [-0.15, -0.1) is 11.3 Å². The Hall–Kier alpha value is -2.00. The largest absolute Gasteiger partial charge is 0.379 e. The number of benzene rings is 1. The van der Waals surface area contributed by atoms with Gasteiger partial charge < -0.3 is 10.1 Å². The molecule has 1 aromatic carbocycles. The first-order valence-electron chi connectivity index (χ1n) is 7.76. The molecule has 25 heavy (non-hydrogen) atoms. The van der Waals surface area contributed by atoms with Crippen LogP contribution in [0.25, 0.3) is 6.08 Å². The van der Waals surface area contributed by atoms with Crippen LogP contribution in [0, 0.1) is 0 Å². The van der Waals surface area contributed by atoms with Crippen LogP contribution in [0.2, 0.25) is 0 Å². The molecule has 0 bridgehead atoms. The third-order valence-corrected chi connectivity index (χ3v) is 6.42. The molecule has 1 amide bonds. The van der Waals surface area contributed by atoms with Crippen LogP contribution >= 0.6 is 11.3 Å². The Bertz CT molecular complexity index is 837. The summed E-state index contributed by atoms with van der Waals surface area (Å²) in [5, 5.41) is 4.65. The molecule has 0 atom stereocenters. The summed E-state index contributed by atoms with van der Waals surface area (Å²) in [4.78, 5) is 13.1. The number of amides is 1. The van der Waals surface area contributed by atoms with Gasteiger partial charge in [-0.1, -0.05) is 6.07 Å². The molecule has 0 saturated carbocycles. The molecule has 0 spiro atoms. The molecule has 1 aliphatic rings. The fourth-order valence-corrected chi connectivity index (χ4v) is 4.40. The number of nitrogens with zero attached hydrogens (tertiary/aromatic N) is 1. The van der Waals surface area contributed by atoms with Crippen molar-refractivity contribution in [2.75, 3.05) is 31.6 Å². The number of morpholine rings is 1. The maximum absolute atomic E-state index is 12.5. The standard InChI is InChI=1S/C17H18N2O4S2/c20-17(8-5-15-2-1-13-24-15)18-14-3-6-16(7-4-14)25(21,22)19-9-11-23-12-10-19/h1-8,13H,9-12H2,(H,18,20)/b8-5-. The minimum Gasteiger partial charge on any atom is -0.379 e. The second kappa shape index (κ2) is 7.92. The van der Waals surface area contributed by atoms with Crippen LogP contribution in [-0.4, -0.2) is 44.9 Å². The Balaban J connectivity index is 1.64. The van der Waals surface area contributed by atoms with Crippen molar-refractivity contribution in [2.45, 2.75) is 4.90 Å². The second-order valence-electron chi connectivity index (χ2n) is 5.38. The van der Waals surface area contributed by atoms with Crippen LogP contribution in [0.3, 0.4) is 0 Å². The summed E-state index contributed by atoms with van der Waals surface area (Å²) < 4.78 is 31.6. The molecule has 1 saturated heterocycles.